The normalized spacial score (nSPS) is 12.2. The van der Waals surface area contributed by atoms with E-state index in [2.05, 4.69) is 18.0 Å². The van der Waals surface area contributed by atoms with Crippen molar-refractivity contribution in [1.82, 2.24) is 4.98 Å². The summed E-state index contributed by atoms with van der Waals surface area (Å²) in [4.78, 5) is 4.06. The second-order valence-electron chi connectivity index (χ2n) is 4.48. The lowest BCUT2D eigenvalue weighted by atomic mass is 10.1. The molecule has 0 saturated heterocycles. The molecule has 0 aliphatic rings. The highest BCUT2D eigenvalue weighted by Crippen LogP contribution is 2.25. The summed E-state index contributed by atoms with van der Waals surface area (Å²) in [5.74, 6) is 0.847. The molecule has 3 heteroatoms. The van der Waals surface area contributed by atoms with Crippen LogP contribution in [0.5, 0.6) is 5.75 Å². The van der Waals surface area contributed by atoms with Gasteiger partial charge in [0.15, 0.2) is 0 Å². The molecule has 94 valence electrons. The fourth-order valence-electron chi connectivity index (χ4n) is 1.80. The largest absolute Gasteiger partial charge is 0.489 e. The fourth-order valence-corrected chi connectivity index (χ4v) is 1.80. The Morgan fingerprint density at radius 1 is 1.33 bits per heavy atom. The lowest BCUT2D eigenvalue weighted by Crippen LogP contribution is -2.08. The van der Waals surface area contributed by atoms with E-state index < -0.39 is 0 Å². The molecular formula is C15H18N2O. The number of pyridine rings is 1. The maximum Gasteiger partial charge on any atom is 0.124 e. The number of aromatic nitrogens is 1. The third-order valence-electron chi connectivity index (χ3n) is 2.77. The first-order valence-corrected chi connectivity index (χ1v) is 6.04. The minimum atomic E-state index is -0.0335. The molecule has 0 fully saturated rings. The van der Waals surface area contributed by atoms with Crippen LogP contribution in [0.4, 0.5) is 0 Å². The molecule has 0 unspecified atom stereocenters. The van der Waals surface area contributed by atoms with Crippen LogP contribution in [0.2, 0.25) is 0 Å². The monoisotopic (exact) mass is 242 g/mol. The molecule has 1 aromatic carbocycles. The quantitative estimate of drug-likeness (QED) is 0.896. The van der Waals surface area contributed by atoms with Crippen LogP contribution in [0, 0.1) is 6.92 Å². The minimum absolute atomic E-state index is 0.0335. The van der Waals surface area contributed by atoms with Gasteiger partial charge in [-0.2, -0.15) is 0 Å². The van der Waals surface area contributed by atoms with Gasteiger partial charge in [-0.3, -0.25) is 4.98 Å². The highest BCUT2D eigenvalue weighted by Gasteiger charge is 2.08. The SMILES string of the molecule is Cc1ccc(OCc2cccnc2)c([C@@H](C)N)c1. The van der Waals surface area contributed by atoms with Crippen molar-refractivity contribution in [1.29, 1.82) is 0 Å². The van der Waals surface area contributed by atoms with Crippen LogP contribution < -0.4 is 10.5 Å². The fraction of sp³-hybridized carbons (Fsp3) is 0.267. The number of ether oxygens (including phenoxy) is 1. The Bertz CT molecular complexity index is 509. The highest BCUT2D eigenvalue weighted by atomic mass is 16.5. The molecule has 2 aromatic rings. The molecule has 0 aliphatic carbocycles. The Balaban J connectivity index is 2.14. The van der Waals surface area contributed by atoms with Crippen LogP contribution in [-0.2, 0) is 6.61 Å². The van der Waals surface area contributed by atoms with E-state index in [0.717, 1.165) is 16.9 Å². The number of hydrogen-bond donors (Lipinski definition) is 1. The van der Waals surface area contributed by atoms with Gasteiger partial charge in [0.1, 0.15) is 12.4 Å². The summed E-state index contributed by atoms with van der Waals surface area (Å²) < 4.78 is 5.82. The van der Waals surface area contributed by atoms with Crippen molar-refractivity contribution in [2.75, 3.05) is 0 Å². The Morgan fingerprint density at radius 3 is 2.83 bits per heavy atom. The smallest absolute Gasteiger partial charge is 0.124 e. The summed E-state index contributed by atoms with van der Waals surface area (Å²) in [7, 11) is 0. The van der Waals surface area contributed by atoms with Gasteiger partial charge in [-0.25, -0.2) is 0 Å². The maximum absolute atomic E-state index is 5.96. The van der Waals surface area contributed by atoms with Gasteiger partial charge in [-0.15, -0.1) is 0 Å². The standard InChI is InChI=1S/C15H18N2O/c1-11-5-6-15(14(8-11)12(2)16)18-10-13-4-3-7-17-9-13/h3-9,12H,10,16H2,1-2H3/t12-/m1/s1. The number of hydrogen-bond acceptors (Lipinski definition) is 3. The number of aryl methyl sites for hydroxylation is 1. The Hall–Kier alpha value is -1.87. The van der Waals surface area contributed by atoms with E-state index in [-0.39, 0.29) is 6.04 Å². The van der Waals surface area contributed by atoms with Crippen molar-refractivity contribution < 1.29 is 4.74 Å². The van der Waals surface area contributed by atoms with Crippen LogP contribution in [0.3, 0.4) is 0 Å². The molecule has 0 radical (unpaired) electrons. The molecule has 2 rings (SSSR count). The van der Waals surface area contributed by atoms with Crippen LogP contribution in [0.1, 0.15) is 29.7 Å². The molecule has 1 atom stereocenters. The molecule has 3 nitrogen and oxygen atoms in total. The van der Waals surface area contributed by atoms with Gasteiger partial charge in [-0.05, 0) is 26.0 Å². The average molecular weight is 242 g/mol. The van der Waals surface area contributed by atoms with E-state index in [0.29, 0.717) is 6.61 Å². The third-order valence-corrected chi connectivity index (χ3v) is 2.77. The zero-order valence-electron chi connectivity index (χ0n) is 10.8. The maximum atomic E-state index is 5.96. The summed E-state index contributed by atoms with van der Waals surface area (Å²) in [5.41, 5.74) is 9.24. The van der Waals surface area contributed by atoms with E-state index in [1.54, 1.807) is 12.4 Å². The third kappa shape index (κ3) is 3.08. The van der Waals surface area contributed by atoms with Gasteiger partial charge < -0.3 is 10.5 Å². The van der Waals surface area contributed by atoms with Crippen molar-refractivity contribution in [3.63, 3.8) is 0 Å². The minimum Gasteiger partial charge on any atom is -0.489 e. The van der Waals surface area contributed by atoms with Crippen LogP contribution in [-0.4, -0.2) is 4.98 Å². The van der Waals surface area contributed by atoms with Gasteiger partial charge >= 0.3 is 0 Å². The Morgan fingerprint density at radius 2 is 2.17 bits per heavy atom. The molecule has 0 spiro atoms. The van der Waals surface area contributed by atoms with Gasteiger partial charge in [0.05, 0.1) is 0 Å². The molecular weight excluding hydrogens is 224 g/mol. The number of nitrogens with zero attached hydrogens (tertiary/aromatic N) is 1. The summed E-state index contributed by atoms with van der Waals surface area (Å²) in [6.07, 6.45) is 3.56. The number of nitrogens with two attached hydrogens (primary N) is 1. The van der Waals surface area contributed by atoms with Gasteiger partial charge in [0.2, 0.25) is 0 Å². The predicted molar refractivity (Wildman–Crippen MR) is 72.4 cm³/mol. The summed E-state index contributed by atoms with van der Waals surface area (Å²) >= 11 is 0. The van der Waals surface area contributed by atoms with Crippen LogP contribution >= 0.6 is 0 Å². The zero-order chi connectivity index (χ0) is 13.0. The molecule has 1 aromatic heterocycles. The molecule has 1 heterocycles. The topological polar surface area (TPSA) is 48.1 Å². The van der Waals surface area contributed by atoms with Crippen molar-refractivity contribution >= 4 is 0 Å². The summed E-state index contributed by atoms with van der Waals surface area (Å²) in [5, 5.41) is 0. The van der Waals surface area contributed by atoms with E-state index in [1.807, 2.05) is 31.2 Å². The van der Waals surface area contributed by atoms with Gasteiger partial charge in [-0.1, -0.05) is 23.8 Å². The summed E-state index contributed by atoms with van der Waals surface area (Å²) in [6, 6.07) is 9.94. The van der Waals surface area contributed by atoms with Gasteiger partial charge in [0, 0.05) is 29.6 Å². The van der Waals surface area contributed by atoms with E-state index in [1.165, 1.54) is 5.56 Å². The Kier molecular flexibility index (Phi) is 3.95. The zero-order valence-corrected chi connectivity index (χ0v) is 10.8. The van der Waals surface area contributed by atoms with E-state index >= 15 is 0 Å². The predicted octanol–water partition coefficient (Wildman–Crippen LogP) is 2.99. The first-order valence-electron chi connectivity index (χ1n) is 6.04. The van der Waals surface area contributed by atoms with E-state index in [9.17, 15) is 0 Å². The molecule has 2 N–H and O–H groups in total. The lowest BCUT2D eigenvalue weighted by Gasteiger charge is -2.14. The second-order valence-corrected chi connectivity index (χ2v) is 4.48. The molecule has 0 aliphatic heterocycles. The molecule has 0 saturated carbocycles. The van der Waals surface area contributed by atoms with Crippen LogP contribution in [0.15, 0.2) is 42.7 Å². The van der Waals surface area contributed by atoms with Crippen molar-refractivity contribution in [2.24, 2.45) is 5.73 Å². The second kappa shape index (κ2) is 5.65. The molecule has 18 heavy (non-hydrogen) atoms. The molecule has 0 amide bonds. The van der Waals surface area contributed by atoms with Gasteiger partial charge in [0.25, 0.3) is 0 Å². The van der Waals surface area contributed by atoms with E-state index in [4.69, 9.17) is 10.5 Å². The first-order chi connectivity index (χ1) is 8.66. The lowest BCUT2D eigenvalue weighted by molar-refractivity contribution is 0.301. The Labute approximate surface area is 108 Å². The number of benzene rings is 1. The molecule has 0 bridgehead atoms. The first kappa shape index (κ1) is 12.6. The average Bonchev–Trinajstić information content (AvgIpc) is 2.38. The van der Waals surface area contributed by atoms with Crippen molar-refractivity contribution in [3.05, 3.63) is 59.4 Å². The highest BCUT2D eigenvalue weighted by molar-refractivity contribution is 5.38. The van der Waals surface area contributed by atoms with Crippen molar-refractivity contribution in [3.8, 4) is 5.75 Å². The van der Waals surface area contributed by atoms with Crippen LogP contribution in [0.25, 0.3) is 0 Å². The van der Waals surface area contributed by atoms with Crippen molar-refractivity contribution in [2.45, 2.75) is 26.5 Å². The number of rotatable bonds is 4. The summed E-state index contributed by atoms with van der Waals surface area (Å²) in [6.45, 7) is 4.53.